The standard InChI is InChI=1S/C22H24O/c1-3-5-7-19-8-10-20(11-9-19)12-13-21-14-16-22(17-15-21)23-18-6-4-2/h4,6,8-11,14-17H,3,5,7,18H2,1-2H3/b6-4+. The summed E-state index contributed by atoms with van der Waals surface area (Å²) in [7, 11) is 0. The van der Waals surface area contributed by atoms with E-state index < -0.39 is 0 Å². The largest absolute Gasteiger partial charge is 0.490 e. The average Bonchev–Trinajstić information content (AvgIpc) is 2.60. The number of aryl methyl sites for hydroxylation is 1. The highest BCUT2D eigenvalue weighted by atomic mass is 16.5. The topological polar surface area (TPSA) is 9.23 Å². The number of ether oxygens (including phenoxy) is 1. The third-order valence-electron chi connectivity index (χ3n) is 3.56. The Kier molecular flexibility index (Phi) is 7.01. The fourth-order valence-electron chi connectivity index (χ4n) is 2.16. The predicted octanol–water partition coefficient (Wildman–Crippen LogP) is 5.38. The third-order valence-corrected chi connectivity index (χ3v) is 3.56. The zero-order chi connectivity index (χ0) is 16.3. The van der Waals surface area contributed by atoms with Crippen molar-refractivity contribution in [3.63, 3.8) is 0 Å². The van der Waals surface area contributed by atoms with Gasteiger partial charge in [-0.15, -0.1) is 0 Å². The van der Waals surface area contributed by atoms with Crippen molar-refractivity contribution in [2.24, 2.45) is 0 Å². The molecule has 0 amide bonds. The minimum atomic E-state index is 0.603. The number of benzene rings is 2. The lowest BCUT2D eigenvalue weighted by molar-refractivity contribution is 0.362. The third kappa shape index (κ3) is 6.04. The second kappa shape index (κ2) is 9.54. The Balaban J connectivity index is 1.95. The molecule has 23 heavy (non-hydrogen) atoms. The first kappa shape index (κ1) is 16.9. The predicted molar refractivity (Wildman–Crippen MR) is 97.8 cm³/mol. The van der Waals surface area contributed by atoms with Gasteiger partial charge in [-0.3, -0.25) is 0 Å². The van der Waals surface area contributed by atoms with Crippen molar-refractivity contribution in [1.82, 2.24) is 0 Å². The van der Waals surface area contributed by atoms with Crippen LogP contribution in [-0.2, 0) is 6.42 Å². The quantitative estimate of drug-likeness (QED) is 0.514. The van der Waals surface area contributed by atoms with Crippen LogP contribution in [0.4, 0.5) is 0 Å². The van der Waals surface area contributed by atoms with Crippen LogP contribution < -0.4 is 4.74 Å². The van der Waals surface area contributed by atoms with E-state index in [2.05, 4.69) is 43.0 Å². The van der Waals surface area contributed by atoms with Gasteiger partial charge in [-0.05, 0) is 61.7 Å². The molecule has 0 aromatic heterocycles. The fraction of sp³-hybridized carbons (Fsp3) is 0.273. The van der Waals surface area contributed by atoms with Gasteiger partial charge in [0.1, 0.15) is 12.4 Å². The summed E-state index contributed by atoms with van der Waals surface area (Å²) >= 11 is 0. The Hall–Kier alpha value is -2.46. The molecule has 0 aliphatic rings. The molecule has 0 spiro atoms. The maximum absolute atomic E-state index is 5.57. The van der Waals surface area contributed by atoms with E-state index in [1.54, 1.807) is 0 Å². The maximum Gasteiger partial charge on any atom is 0.119 e. The van der Waals surface area contributed by atoms with Crippen LogP contribution in [0.25, 0.3) is 0 Å². The van der Waals surface area contributed by atoms with Crippen LogP contribution in [0, 0.1) is 11.8 Å². The summed E-state index contributed by atoms with van der Waals surface area (Å²) in [5.74, 6) is 7.28. The van der Waals surface area contributed by atoms with E-state index in [4.69, 9.17) is 4.74 Å². The monoisotopic (exact) mass is 304 g/mol. The van der Waals surface area contributed by atoms with Crippen LogP contribution in [0.1, 0.15) is 43.4 Å². The number of unbranched alkanes of at least 4 members (excludes halogenated alkanes) is 1. The van der Waals surface area contributed by atoms with E-state index in [0.29, 0.717) is 6.61 Å². The van der Waals surface area contributed by atoms with Crippen molar-refractivity contribution in [1.29, 1.82) is 0 Å². The highest BCUT2D eigenvalue weighted by Gasteiger charge is 1.94. The van der Waals surface area contributed by atoms with E-state index in [9.17, 15) is 0 Å². The van der Waals surface area contributed by atoms with Crippen LogP contribution in [0.3, 0.4) is 0 Å². The highest BCUT2D eigenvalue weighted by molar-refractivity contribution is 5.44. The van der Waals surface area contributed by atoms with Crippen molar-refractivity contribution in [3.8, 4) is 17.6 Å². The summed E-state index contributed by atoms with van der Waals surface area (Å²) in [4.78, 5) is 0. The zero-order valence-corrected chi connectivity index (χ0v) is 14.0. The Labute approximate surface area is 140 Å². The molecular formula is C22H24O. The van der Waals surface area contributed by atoms with E-state index in [1.807, 2.05) is 43.3 Å². The molecule has 0 atom stereocenters. The van der Waals surface area contributed by atoms with Gasteiger partial charge in [0.05, 0.1) is 0 Å². The molecule has 2 aromatic carbocycles. The van der Waals surface area contributed by atoms with Gasteiger partial charge in [-0.1, -0.05) is 49.5 Å². The molecule has 0 N–H and O–H groups in total. The van der Waals surface area contributed by atoms with Gasteiger partial charge in [0.15, 0.2) is 0 Å². The molecule has 2 rings (SSSR count). The molecule has 0 aliphatic heterocycles. The summed E-state index contributed by atoms with van der Waals surface area (Å²) in [5.41, 5.74) is 3.44. The molecular weight excluding hydrogens is 280 g/mol. The van der Waals surface area contributed by atoms with Crippen LogP contribution in [0.2, 0.25) is 0 Å². The number of rotatable bonds is 6. The highest BCUT2D eigenvalue weighted by Crippen LogP contribution is 2.12. The van der Waals surface area contributed by atoms with Gasteiger partial charge in [-0.25, -0.2) is 0 Å². The number of hydrogen-bond acceptors (Lipinski definition) is 1. The van der Waals surface area contributed by atoms with Crippen LogP contribution in [0.5, 0.6) is 5.75 Å². The second-order valence-electron chi connectivity index (χ2n) is 5.45. The first-order valence-corrected chi connectivity index (χ1v) is 8.27. The van der Waals surface area contributed by atoms with Crippen LogP contribution >= 0.6 is 0 Å². The van der Waals surface area contributed by atoms with E-state index >= 15 is 0 Å². The zero-order valence-electron chi connectivity index (χ0n) is 14.0. The SMILES string of the molecule is C/C=C/COc1ccc(C#Cc2ccc(CCCC)cc2)cc1. The van der Waals surface area contributed by atoms with Gasteiger partial charge in [0, 0.05) is 11.1 Å². The van der Waals surface area contributed by atoms with Gasteiger partial charge in [0.2, 0.25) is 0 Å². The Morgan fingerprint density at radius 1 is 0.913 bits per heavy atom. The lowest BCUT2D eigenvalue weighted by Gasteiger charge is -2.02. The van der Waals surface area contributed by atoms with Crippen LogP contribution in [0.15, 0.2) is 60.7 Å². The van der Waals surface area contributed by atoms with E-state index in [1.165, 1.54) is 18.4 Å². The van der Waals surface area contributed by atoms with Crippen molar-refractivity contribution >= 4 is 0 Å². The molecule has 0 heterocycles. The normalized spacial score (nSPS) is 10.3. The summed E-state index contributed by atoms with van der Waals surface area (Å²) in [6.45, 7) is 4.81. The Morgan fingerprint density at radius 3 is 2.09 bits per heavy atom. The van der Waals surface area contributed by atoms with E-state index in [0.717, 1.165) is 23.3 Å². The minimum absolute atomic E-state index is 0.603. The summed E-state index contributed by atoms with van der Waals surface area (Å²) in [6, 6.07) is 16.5. The number of hydrogen-bond donors (Lipinski definition) is 0. The first-order chi connectivity index (χ1) is 11.3. The molecule has 0 radical (unpaired) electrons. The van der Waals surface area contributed by atoms with Crippen molar-refractivity contribution < 1.29 is 4.74 Å². The Morgan fingerprint density at radius 2 is 1.52 bits per heavy atom. The van der Waals surface area contributed by atoms with Gasteiger partial charge in [-0.2, -0.15) is 0 Å². The smallest absolute Gasteiger partial charge is 0.119 e. The molecule has 1 heteroatoms. The van der Waals surface area contributed by atoms with Crippen molar-refractivity contribution in [3.05, 3.63) is 77.4 Å². The average molecular weight is 304 g/mol. The molecule has 1 nitrogen and oxygen atoms in total. The second-order valence-corrected chi connectivity index (χ2v) is 5.45. The van der Waals surface area contributed by atoms with Crippen LogP contribution in [-0.4, -0.2) is 6.61 Å². The van der Waals surface area contributed by atoms with Gasteiger partial charge in [0.25, 0.3) is 0 Å². The van der Waals surface area contributed by atoms with Crippen molar-refractivity contribution in [2.75, 3.05) is 6.61 Å². The molecule has 0 bridgehead atoms. The Bertz CT molecular complexity index is 667. The summed E-state index contributed by atoms with van der Waals surface area (Å²) < 4.78 is 5.57. The number of allylic oxidation sites excluding steroid dienone is 1. The molecule has 0 saturated carbocycles. The molecule has 0 fully saturated rings. The molecule has 0 saturated heterocycles. The summed E-state index contributed by atoms with van der Waals surface area (Å²) in [5, 5.41) is 0. The molecule has 0 unspecified atom stereocenters. The lowest BCUT2D eigenvalue weighted by Crippen LogP contribution is -1.92. The minimum Gasteiger partial charge on any atom is -0.490 e. The molecule has 2 aromatic rings. The first-order valence-electron chi connectivity index (χ1n) is 8.27. The van der Waals surface area contributed by atoms with Crippen molar-refractivity contribution in [2.45, 2.75) is 33.1 Å². The lowest BCUT2D eigenvalue weighted by atomic mass is 10.1. The van der Waals surface area contributed by atoms with E-state index in [-0.39, 0.29) is 0 Å². The fourth-order valence-corrected chi connectivity index (χ4v) is 2.16. The van der Waals surface area contributed by atoms with Gasteiger partial charge >= 0.3 is 0 Å². The molecule has 0 aliphatic carbocycles. The maximum atomic E-state index is 5.57. The molecule has 118 valence electrons. The van der Waals surface area contributed by atoms with Gasteiger partial charge < -0.3 is 4.74 Å². The summed E-state index contributed by atoms with van der Waals surface area (Å²) in [6.07, 6.45) is 7.59.